The average molecular weight is 949 g/mol. The van der Waals surface area contributed by atoms with Crippen LogP contribution in [-0.2, 0) is 5.41 Å². The molecule has 0 saturated carbocycles. The van der Waals surface area contributed by atoms with Gasteiger partial charge in [0.2, 0.25) is 0 Å². The second-order valence-corrected chi connectivity index (χ2v) is 23.5. The summed E-state index contributed by atoms with van der Waals surface area (Å²) in [6.45, 7) is 19.0. The number of benzene rings is 10. The number of aromatic nitrogens is 2. The number of rotatable bonds is 6. The van der Waals surface area contributed by atoms with Gasteiger partial charge < -0.3 is 9.13 Å². The summed E-state index contributed by atoms with van der Waals surface area (Å²) in [6, 6.07) is 69.7. The van der Waals surface area contributed by atoms with Crippen molar-refractivity contribution < 1.29 is 0 Å². The number of hydrogen-bond donors (Lipinski definition) is 0. The standard InChI is InChI=1S/C71H57BN2/c1-38(2)43-26-28-64-53(30-43)54-32-47(40(5)6)35-62-67(54)73(64)69-57(50-22-16-19-45-29-44(25-27-49(45)50)42-17-10-9-11-18-42)37-61-70-65(69)72(62)63-36-48(41(7)8)33-56-55-31-46(39(3)4)34-60(66(55)74(70)68(56)63)71(61)58-23-14-12-20-51(58)52-21-13-15-24-59(52)71/h9-41H,1-8H3. The van der Waals surface area contributed by atoms with Crippen LogP contribution < -0.4 is 16.4 Å². The fourth-order valence-electron chi connectivity index (χ4n) is 14.8. The Morgan fingerprint density at radius 3 is 1.58 bits per heavy atom. The molecule has 2 nitrogen and oxygen atoms in total. The molecule has 354 valence electrons. The molecule has 1 spiro atoms. The molecule has 0 saturated heterocycles. The van der Waals surface area contributed by atoms with Gasteiger partial charge in [0.15, 0.2) is 0 Å². The van der Waals surface area contributed by atoms with E-state index in [-0.39, 0.29) is 6.71 Å². The SMILES string of the molecule is CC(C)c1ccc2c(c1)c1cc(C(C)C)cc3c1n2-c1c(-c2cccc4cc(-c5ccccc5)ccc24)cc2c4c1B3c1cc(C(C)C)cc3c5cc(C(C)C)cc(c5n-4c13)C21c2ccccc2-c2ccccc21. The molecule has 0 amide bonds. The van der Waals surface area contributed by atoms with E-state index in [1.54, 1.807) is 0 Å². The molecule has 0 atom stereocenters. The molecule has 0 bridgehead atoms. The lowest BCUT2D eigenvalue weighted by molar-refractivity contribution is 0.744. The van der Waals surface area contributed by atoms with E-state index in [9.17, 15) is 0 Å². The third kappa shape index (κ3) is 5.18. The van der Waals surface area contributed by atoms with Gasteiger partial charge in [-0.15, -0.1) is 0 Å². The van der Waals surface area contributed by atoms with Crippen LogP contribution in [0.2, 0.25) is 0 Å². The lowest BCUT2D eigenvalue weighted by Gasteiger charge is -2.45. The maximum Gasteiger partial charge on any atom is 0.252 e. The highest BCUT2D eigenvalue weighted by atomic mass is 15.1. The molecule has 74 heavy (non-hydrogen) atoms. The van der Waals surface area contributed by atoms with Crippen molar-refractivity contribution in [3.63, 3.8) is 0 Å². The zero-order valence-corrected chi connectivity index (χ0v) is 43.5. The van der Waals surface area contributed by atoms with Gasteiger partial charge in [-0.1, -0.05) is 189 Å². The lowest BCUT2D eigenvalue weighted by Crippen LogP contribution is -2.61. The zero-order valence-electron chi connectivity index (χ0n) is 43.5. The zero-order chi connectivity index (χ0) is 49.8. The van der Waals surface area contributed by atoms with Gasteiger partial charge in [-0.3, -0.25) is 0 Å². The van der Waals surface area contributed by atoms with E-state index < -0.39 is 5.41 Å². The Labute approximate surface area is 434 Å². The highest BCUT2D eigenvalue weighted by molar-refractivity contribution is 7.00. The fraction of sp³-hybridized carbons (Fsp3) is 0.183. The maximum atomic E-state index is 2.80. The van der Waals surface area contributed by atoms with Crippen LogP contribution in [0.25, 0.3) is 99.1 Å². The van der Waals surface area contributed by atoms with Crippen LogP contribution in [0.5, 0.6) is 0 Å². The van der Waals surface area contributed by atoms with Crippen LogP contribution in [0.1, 0.15) is 124 Å². The van der Waals surface area contributed by atoms with Gasteiger partial charge in [0, 0.05) is 43.8 Å². The minimum atomic E-state index is -0.603. The van der Waals surface area contributed by atoms with Gasteiger partial charge in [-0.05, 0) is 166 Å². The molecule has 10 aromatic carbocycles. The van der Waals surface area contributed by atoms with Crippen LogP contribution in [-0.4, -0.2) is 15.8 Å². The Balaban J connectivity index is 1.19. The molecular formula is C71H57BN2. The predicted molar refractivity (Wildman–Crippen MR) is 315 cm³/mol. The highest BCUT2D eigenvalue weighted by Gasteiger charge is 2.55. The summed E-state index contributed by atoms with van der Waals surface area (Å²) in [7, 11) is 0. The van der Waals surface area contributed by atoms with E-state index in [2.05, 4.69) is 240 Å². The summed E-state index contributed by atoms with van der Waals surface area (Å²) in [5.41, 5.74) is 30.6. The van der Waals surface area contributed by atoms with Crippen molar-refractivity contribution in [3.8, 4) is 44.8 Å². The molecule has 2 aromatic heterocycles. The molecule has 3 heteroatoms. The minimum absolute atomic E-state index is 0.0194. The van der Waals surface area contributed by atoms with Gasteiger partial charge in [-0.25, -0.2) is 0 Å². The number of hydrogen-bond acceptors (Lipinski definition) is 0. The van der Waals surface area contributed by atoms with Crippen molar-refractivity contribution in [3.05, 3.63) is 220 Å². The van der Waals surface area contributed by atoms with Crippen molar-refractivity contribution in [2.24, 2.45) is 0 Å². The van der Waals surface area contributed by atoms with Crippen molar-refractivity contribution >= 4 is 77.5 Å². The largest absolute Gasteiger partial charge is 0.310 e. The van der Waals surface area contributed by atoms with Crippen molar-refractivity contribution in [1.29, 1.82) is 0 Å². The van der Waals surface area contributed by atoms with Crippen LogP contribution in [0.4, 0.5) is 0 Å². The molecule has 0 radical (unpaired) electrons. The van der Waals surface area contributed by atoms with E-state index in [4.69, 9.17) is 0 Å². The Bertz CT molecular complexity index is 4450. The van der Waals surface area contributed by atoms with Crippen LogP contribution >= 0.6 is 0 Å². The first-order valence-corrected chi connectivity index (χ1v) is 27.3. The third-order valence-electron chi connectivity index (χ3n) is 18.3. The minimum Gasteiger partial charge on any atom is -0.310 e. The van der Waals surface area contributed by atoms with Gasteiger partial charge >= 0.3 is 0 Å². The molecule has 12 aromatic rings. The van der Waals surface area contributed by atoms with Gasteiger partial charge in [0.05, 0.1) is 22.1 Å². The molecule has 1 aliphatic carbocycles. The van der Waals surface area contributed by atoms with E-state index in [0.717, 1.165) is 0 Å². The first kappa shape index (κ1) is 42.6. The molecule has 5 heterocycles. The quantitative estimate of drug-likeness (QED) is 0.147. The lowest BCUT2D eigenvalue weighted by atomic mass is 9.33. The Hall–Kier alpha value is -7.88. The number of fused-ring (bicyclic) bond motifs is 15. The van der Waals surface area contributed by atoms with Crippen LogP contribution in [0.3, 0.4) is 0 Å². The molecule has 16 rings (SSSR count). The Kier molecular flexibility index (Phi) is 8.45. The monoisotopic (exact) mass is 948 g/mol. The average Bonchev–Trinajstić information content (AvgIpc) is 4.20. The van der Waals surface area contributed by atoms with Gasteiger partial charge in [-0.2, -0.15) is 0 Å². The summed E-state index contributed by atoms with van der Waals surface area (Å²) in [5, 5.41) is 8.00. The molecule has 0 fully saturated rings. The summed E-state index contributed by atoms with van der Waals surface area (Å²) >= 11 is 0. The molecular weight excluding hydrogens is 892 g/mol. The smallest absolute Gasteiger partial charge is 0.252 e. The Morgan fingerprint density at radius 1 is 0.351 bits per heavy atom. The van der Waals surface area contributed by atoms with Crippen LogP contribution in [0.15, 0.2) is 176 Å². The second-order valence-electron chi connectivity index (χ2n) is 23.5. The van der Waals surface area contributed by atoms with E-state index in [1.165, 1.54) is 160 Å². The molecule has 0 unspecified atom stereocenters. The third-order valence-corrected chi connectivity index (χ3v) is 18.3. The molecule has 4 aliphatic rings. The van der Waals surface area contributed by atoms with E-state index in [0.29, 0.717) is 23.7 Å². The number of nitrogens with zero attached hydrogens (tertiary/aromatic N) is 2. The van der Waals surface area contributed by atoms with Gasteiger partial charge in [0.25, 0.3) is 6.71 Å². The van der Waals surface area contributed by atoms with Gasteiger partial charge in [0.1, 0.15) is 0 Å². The van der Waals surface area contributed by atoms with Crippen molar-refractivity contribution in [2.45, 2.75) is 84.5 Å². The first-order chi connectivity index (χ1) is 36.0. The normalized spacial score (nSPS) is 14.2. The predicted octanol–water partition coefficient (Wildman–Crippen LogP) is 16.7. The highest BCUT2D eigenvalue weighted by Crippen LogP contribution is 2.63. The fourth-order valence-corrected chi connectivity index (χ4v) is 14.8. The summed E-state index contributed by atoms with van der Waals surface area (Å²) in [4.78, 5) is 0. The summed E-state index contributed by atoms with van der Waals surface area (Å²) in [6.07, 6.45) is 0. The first-order valence-electron chi connectivity index (χ1n) is 27.3. The van der Waals surface area contributed by atoms with Crippen LogP contribution in [0, 0.1) is 0 Å². The second kappa shape index (κ2) is 14.7. The molecule has 0 N–H and O–H groups in total. The van der Waals surface area contributed by atoms with Crippen molar-refractivity contribution in [2.75, 3.05) is 0 Å². The Morgan fingerprint density at radius 2 is 0.919 bits per heavy atom. The topological polar surface area (TPSA) is 9.86 Å². The van der Waals surface area contributed by atoms with E-state index in [1.807, 2.05) is 0 Å². The molecule has 3 aliphatic heterocycles. The summed E-state index contributed by atoms with van der Waals surface area (Å²) in [5.74, 6) is 1.43. The van der Waals surface area contributed by atoms with E-state index >= 15 is 0 Å². The van der Waals surface area contributed by atoms with Crippen molar-refractivity contribution in [1.82, 2.24) is 9.13 Å². The maximum absolute atomic E-state index is 2.80. The summed E-state index contributed by atoms with van der Waals surface area (Å²) < 4.78 is 5.56.